The zero-order chi connectivity index (χ0) is 15.6. The Balaban J connectivity index is 3.18. The second-order valence-corrected chi connectivity index (χ2v) is 4.84. The summed E-state index contributed by atoms with van der Waals surface area (Å²) in [6, 6.07) is 2.17. The fourth-order valence-electron chi connectivity index (χ4n) is 1.62. The first-order valence-electron chi connectivity index (χ1n) is 5.81. The Morgan fingerprint density at radius 1 is 1.35 bits per heavy atom. The summed E-state index contributed by atoms with van der Waals surface area (Å²) in [5.41, 5.74) is 2.77. The summed E-state index contributed by atoms with van der Waals surface area (Å²) in [5.74, 6) is -0.207. The third-order valence-electron chi connectivity index (χ3n) is 2.62. The fourth-order valence-corrected chi connectivity index (χ4v) is 1.62. The Morgan fingerprint density at radius 2 is 1.95 bits per heavy atom. The molecule has 0 aliphatic carbocycles. The van der Waals surface area contributed by atoms with E-state index in [0.29, 0.717) is 19.0 Å². The minimum Gasteiger partial charge on any atom is -0.481 e. The van der Waals surface area contributed by atoms with Gasteiger partial charge in [-0.05, 0) is 38.9 Å². The van der Waals surface area contributed by atoms with E-state index in [9.17, 15) is 23.3 Å². The van der Waals surface area contributed by atoms with Gasteiger partial charge in [-0.2, -0.15) is 13.2 Å². The highest BCUT2D eigenvalue weighted by Crippen LogP contribution is 2.37. The molecule has 1 aromatic rings. The summed E-state index contributed by atoms with van der Waals surface area (Å²) in [6.07, 6.45) is -4.23. The normalized spacial score (nSPS) is 12.3. The van der Waals surface area contributed by atoms with Gasteiger partial charge in [-0.15, -0.1) is 0 Å². The van der Waals surface area contributed by atoms with Crippen molar-refractivity contribution < 1.29 is 22.8 Å². The summed E-state index contributed by atoms with van der Waals surface area (Å²) < 4.78 is 43.0. The molecule has 0 bridgehead atoms. The van der Waals surface area contributed by atoms with Crippen LogP contribution in [-0.4, -0.2) is 17.1 Å². The number of nitrogens with two attached hydrogens (primary N) is 1. The zero-order valence-electron chi connectivity index (χ0n) is 11.0. The van der Waals surface area contributed by atoms with E-state index < -0.39 is 28.0 Å². The lowest BCUT2D eigenvalue weighted by molar-refractivity contribution is -0.386. The first-order valence-corrected chi connectivity index (χ1v) is 5.81. The van der Waals surface area contributed by atoms with E-state index in [2.05, 4.69) is 0 Å². The molecule has 0 amide bonds. The Labute approximate surface area is 113 Å². The van der Waals surface area contributed by atoms with E-state index in [1.54, 1.807) is 13.8 Å². The number of nitrogens with zero attached hydrogens (tertiary/aromatic N) is 1. The van der Waals surface area contributed by atoms with Crippen LogP contribution in [0, 0.1) is 10.1 Å². The molecule has 0 aliphatic heterocycles. The van der Waals surface area contributed by atoms with Gasteiger partial charge in [0.05, 0.1) is 10.5 Å². The molecule has 0 radical (unpaired) electrons. The minimum absolute atomic E-state index is 0.207. The predicted octanol–water partition coefficient (Wildman–Crippen LogP) is 3.12. The fraction of sp³-hybridized carbons (Fsp3) is 0.500. The molecule has 1 aromatic carbocycles. The molecule has 0 fully saturated rings. The van der Waals surface area contributed by atoms with Gasteiger partial charge in [-0.3, -0.25) is 10.1 Å². The van der Waals surface area contributed by atoms with Crippen molar-refractivity contribution in [1.29, 1.82) is 0 Å². The van der Waals surface area contributed by atoms with Crippen LogP contribution in [0.15, 0.2) is 18.2 Å². The molecule has 0 unspecified atom stereocenters. The van der Waals surface area contributed by atoms with E-state index >= 15 is 0 Å². The van der Waals surface area contributed by atoms with Crippen LogP contribution in [0.3, 0.4) is 0 Å². The molecule has 0 aliphatic rings. The molecule has 0 aromatic heterocycles. The molecule has 20 heavy (non-hydrogen) atoms. The van der Waals surface area contributed by atoms with Gasteiger partial charge in [0.2, 0.25) is 0 Å². The van der Waals surface area contributed by atoms with Crippen LogP contribution >= 0.6 is 0 Å². The van der Waals surface area contributed by atoms with Crippen molar-refractivity contribution in [2.24, 2.45) is 5.73 Å². The highest BCUT2D eigenvalue weighted by Gasteiger charge is 2.34. The molecule has 0 spiro atoms. The summed E-state index contributed by atoms with van der Waals surface area (Å²) in [5, 5.41) is 10.9. The highest BCUT2D eigenvalue weighted by molar-refractivity contribution is 5.49. The van der Waals surface area contributed by atoms with E-state index in [-0.39, 0.29) is 5.75 Å². The maximum Gasteiger partial charge on any atom is 0.416 e. The van der Waals surface area contributed by atoms with Crippen molar-refractivity contribution in [2.75, 3.05) is 6.54 Å². The molecular formula is C12H15F3N2O3. The average molecular weight is 292 g/mol. The van der Waals surface area contributed by atoms with Gasteiger partial charge in [0.25, 0.3) is 0 Å². The van der Waals surface area contributed by atoms with Crippen molar-refractivity contribution in [3.05, 3.63) is 33.9 Å². The predicted molar refractivity (Wildman–Crippen MR) is 66.5 cm³/mol. The van der Waals surface area contributed by atoms with Crippen LogP contribution in [0.25, 0.3) is 0 Å². The topological polar surface area (TPSA) is 78.4 Å². The molecule has 0 saturated carbocycles. The highest BCUT2D eigenvalue weighted by atomic mass is 19.4. The summed E-state index contributed by atoms with van der Waals surface area (Å²) in [7, 11) is 0. The number of benzene rings is 1. The van der Waals surface area contributed by atoms with Crippen molar-refractivity contribution >= 4 is 5.69 Å². The maximum absolute atomic E-state index is 12.5. The van der Waals surface area contributed by atoms with Crippen molar-refractivity contribution in [3.63, 3.8) is 0 Å². The van der Waals surface area contributed by atoms with Crippen molar-refractivity contribution in [3.8, 4) is 5.75 Å². The number of ether oxygens (including phenoxy) is 1. The summed E-state index contributed by atoms with van der Waals surface area (Å²) in [6.45, 7) is 3.60. The van der Waals surface area contributed by atoms with Crippen LogP contribution < -0.4 is 10.5 Å². The zero-order valence-corrected chi connectivity index (χ0v) is 11.0. The quantitative estimate of drug-likeness (QED) is 0.668. The SMILES string of the molecule is CC(C)(CCN)Oc1ccc(C(F)(F)F)cc1[N+](=O)[O-]. The summed E-state index contributed by atoms with van der Waals surface area (Å²) in [4.78, 5) is 9.98. The monoisotopic (exact) mass is 292 g/mol. The number of halogens is 3. The van der Waals surface area contributed by atoms with Crippen LogP contribution in [0.4, 0.5) is 18.9 Å². The second kappa shape index (κ2) is 5.66. The standard InChI is InChI=1S/C12H15F3N2O3/c1-11(2,5-6-16)20-10-4-3-8(12(13,14)15)7-9(10)17(18)19/h3-4,7H,5-6,16H2,1-2H3. The van der Waals surface area contributed by atoms with Gasteiger partial charge in [0.15, 0.2) is 5.75 Å². The van der Waals surface area contributed by atoms with Crippen molar-refractivity contribution in [1.82, 2.24) is 0 Å². The molecule has 0 saturated heterocycles. The van der Waals surface area contributed by atoms with Crippen LogP contribution in [0.1, 0.15) is 25.8 Å². The third-order valence-corrected chi connectivity index (χ3v) is 2.62. The van der Waals surface area contributed by atoms with E-state index in [0.717, 1.165) is 12.1 Å². The van der Waals surface area contributed by atoms with Gasteiger partial charge in [-0.25, -0.2) is 0 Å². The number of alkyl halides is 3. The first-order chi connectivity index (χ1) is 9.07. The number of nitro benzene ring substituents is 1. The summed E-state index contributed by atoms with van der Waals surface area (Å²) >= 11 is 0. The average Bonchev–Trinajstić information content (AvgIpc) is 2.26. The number of hydrogen-bond acceptors (Lipinski definition) is 4. The lowest BCUT2D eigenvalue weighted by Crippen LogP contribution is -2.31. The lowest BCUT2D eigenvalue weighted by atomic mass is 10.1. The molecule has 0 atom stereocenters. The molecule has 5 nitrogen and oxygen atoms in total. The maximum atomic E-state index is 12.5. The van der Waals surface area contributed by atoms with Gasteiger partial charge in [0, 0.05) is 6.07 Å². The number of rotatable bonds is 5. The first kappa shape index (κ1) is 16.2. The molecular weight excluding hydrogens is 277 g/mol. The molecule has 112 valence electrons. The third kappa shape index (κ3) is 4.09. The Bertz CT molecular complexity index is 501. The van der Waals surface area contributed by atoms with Crippen molar-refractivity contribution in [2.45, 2.75) is 32.0 Å². The van der Waals surface area contributed by atoms with Gasteiger partial charge >= 0.3 is 11.9 Å². The smallest absolute Gasteiger partial charge is 0.416 e. The minimum atomic E-state index is -4.64. The van der Waals surface area contributed by atoms with Gasteiger partial charge in [0.1, 0.15) is 5.60 Å². The van der Waals surface area contributed by atoms with Crippen LogP contribution in [0.2, 0.25) is 0 Å². The molecule has 0 heterocycles. The van der Waals surface area contributed by atoms with E-state index in [1.807, 2.05) is 0 Å². The van der Waals surface area contributed by atoms with Crippen LogP contribution in [-0.2, 0) is 6.18 Å². The van der Waals surface area contributed by atoms with Gasteiger partial charge in [-0.1, -0.05) is 0 Å². The molecule has 1 rings (SSSR count). The number of nitro groups is 1. The second-order valence-electron chi connectivity index (χ2n) is 4.84. The molecule has 8 heteroatoms. The lowest BCUT2D eigenvalue weighted by Gasteiger charge is -2.25. The largest absolute Gasteiger partial charge is 0.481 e. The van der Waals surface area contributed by atoms with Gasteiger partial charge < -0.3 is 10.5 Å². The number of hydrogen-bond donors (Lipinski definition) is 1. The molecule has 2 N–H and O–H groups in total. The van der Waals surface area contributed by atoms with E-state index in [4.69, 9.17) is 10.5 Å². The van der Waals surface area contributed by atoms with Crippen LogP contribution in [0.5, 0.6) is 5.75 Å². The Kier molecular flexibility index (Phi) is 4.59. The Hall–Kier alpha value is -1.83. The Morgan fingerprint density at radius 3 is 2.40 bits per heavy atom. The van der Waals surface area contributed by atoms with E-state index in [1.165, 1.54) is 0 Å².